The lowest BCUT2D eigenvalue weighted by Gasteiger charge is -2.45. The highest BCUT2D eigenvalue weighted by atomic mass is 32.2. The zero-order chi connectivity index (χ0) is 16.6. The fourth-order valence-corrected chi connectivity index (χ4v) is 8.04. The van der Waals surface area contributed by atoms with Crippen LogP contribution in [0.3, 0.4) is 0 Å². The summed E-state index contributed by atoms with van der Waals surface area (Å²) in [5, 5.41) is 13.6. The van der Waals surface area contributed by atoms with Crippen molar-refractivity contribution in [1.82, 2.24) is 5.32 Å². The van der Waals surface area contributed by atoms with Crippen LogP contribution in [0.4, 0.5) is 0 Å². The van der Waals surface area contributed by atoms with Crippen molar-refractivity contribution in [3.8, 4) is 0 Å². The second-order valence-electron chi connectivity index (χ2n) is 7.76. The minimum Gasteiger partial charge on any atom is -0.312 e. The molecule has 0 aromatic carbocycles. The molecule has 1 aliphatic heterocycles. The van der Waals surface area contributed by atoms with Gasteiger partial charge in [-0.1, -0.05) is 13.3 Å². The first-order valence-electron chi connectivity index (χ1n) is 9.01. The summed E-state index contributed by atoms with van der Waals surface area (Å²) in [4.78, 5) is 11.0. The van der Waals surface area contributed by atoms with E-state index in [1.54, 1.807) is 0 Å². The minimum absolute atomic E-state index is 0.000666. The number of hydrogen-bond acceptors (Lipinski definition) is 5. The van der Waals surface area contributed by atoms with E-state index in [9.17, 15) is 18.5 Å². The van der Waals surface area contributed by atoms with Gasteiger partial charge in [0.15, 0.2) is 9.84 Å². The molecule has 0 spiro atoms. The molecule has 3 aliphatic rings. The molecule has 2 aliphatic carbocycles. The van der Waals surface area contributed by atoms with Gasteiger partial charge in [-0.05, 0) is 56.9 Å². The Kier molecular flexibility index (Phi) is 4.97. The van der Waals surface area contributed by atoms with Crippen LogP contribution in [-0.4, -0.2) is 42.5 Å². The van der Waals surface area contributed by atoms with Gasteiger partial charge in [-0.2, -0.15) is 0 Å². The van der Waals surface area contributed by atoms with E-state index in [1.807, 2.05) is 0 Å². The molecule has 132 valence electrons. The number of rotatable bonds is 3. The summed E-state index contributed by atoms with van der Waals surface area (Å²) in [7, 11) is -3.49. The van der Waals surface area contributed by atoms with Crippen molar-refractivity contribution >= 4 is 9.84 Å². The highest BCUT2D eigenvalue weighted by molar-refractivity contribution is 7.92. The molecular weight excluding hydrogens is 316 g/mol. The molecule has 1 N–H and O–H groups in total. The van der Waals surface area contributed by atoms with E-state index in [0.717, 1.165) is 38.6 Å². The third-order valence-corrected chi connectivity index (χ3v) is 8.89. The maximum Gasteiger partial charge on any atom is 0.229 e. The van der Waals surface area contributed by atoms with Crippen LogP contribution < -0.4 is 5.32 Å². The quantitative estimate of drug-likeness (QED) is 0.626. The summed E-state index contributed by atoms with van der Waals surface area (Å²) >= 11 is 0. The van der Waals surface area contributed by atoms with Gasteiger partial charge in [-0.15, -0.1) is 0 Å². The van der Waals surface area contributed by atoms with Gasteiger partial charge in [-0.3, -0.25) is 10.1 Å². The smallest absolute Gasteiger partial charge is 0.229 e. The van der Waals surface area contributed by atoms with Gasteiger partial charge in [0, 0.05) is 17.4 Å². The van der Waals surface area contributed by atoms with Gasteiger partial charge < -0.3 is 5.32 Å². The van der Waals surface area contributed by atoms with E-state index in [0.29, 0.717) is 31.1 Å². The number of nitro groups is 1. The third-order valence-electron chi connectivity index (χ3n) is 6.16. The second-order valence-corrected chi connectivity index (χ2v) is 10.2. The average Bonchev–Trinajstić information content (AvgIpc) is 2.54. The van der Waals surface area contributed by atoms with Crippen LogP contribution in [0, 0.1) is 22.0 Å². The molecule has 0 radical (unpaired) electrons. The largest absolute Gasteiger partial charge is 0.312 e. The van der Waals surface area contributed by atoms with E-state index >= 15 is 0 Å². The number of nitrogens with zero attached hydrogens (tertiary/aromatic N) is 1. The maximum absolute atomic E-state index is 13.3. The molecule has 3 rings (SSSR count). The molecule has 6 atom stereocenters. The van der Waals surface area contributed by atoms with Crippen LogP contribution in [0.5, 0.6) is 0 Å². The van der Waals surface area contributed by atoms with Gasteiger partial charge >= 0.3 is 0 Å². The normalized spacial score (nSPS) is 42.0. The molecule has 2 saturated carbocycles. The van der Waals surface area contributed by atoms with E-state index in [-0.39, 0.29) is 11.0 Å². The zero-order valence-electron chi connectivity index (χ0n) is 13.8. The van der Waals surface area contributed by atoms with E-state index < -0.39 is 26.4 Å². The minimum atomic E-state index is -3.49. The van der Waals surface area contributed by atoms with E-state index in [4.69, 9.17) is 0 Å². The molecular formula is C16H28N2O4S. The summed E-state index contributed by atoms with van der Waals surface area (Å²) in [6.07, 6.45) is 6.32. The first kappa shape index (κ1) is 17.1. The highest BCUT2D eigenvalue weighted by Gasteiger charge is 2.51. The van der Waals surface area contributed by atoms with Crippen LogP contribution in [0.25, 0.3) is 0 Å². The molecule has 0 bridgehead atoms. The fraction of sp³-hybridized carbons (Fsp3) is 1.00. The monoisotopic (exact) mass is 344 g/mol. The van der Waals surface area contributed by atoms with Gasteiger partial charge in [-0.25, -0.2) is 8.42 Å². The predicted octanol–water partition coefficient (Wildman–Crippen LogP) is 2.16. The van der Waals surface area contributed by atoms with Crippen molar-refractivity contribution in [2.45, 2.75) is 80.9 Å². The molecule has 0 aromatic heterocycles. The van der Waals surface area contributed by atoms with E-state index in [2.05, 4.69) is 12.2 Å². The van der Waals surface area contributed by atoms with Crippen molar-refractivity contribution in [3.63, 3.8) is 0 Å². The Morgan fingerprint density at radius 3 is 2.52 bits per heavy atom. The Balaban J connectivity index is 1.88. The molecule has 1 saturated heterocycles. The summed E-state index contributed by atoms with van der Waals surface area (Å²) in [5.74, 6) is 0.790. The fourth-order valence-electron chi connectivity index (χ4n) is 5.10. The van der Waals surface area contributed by atoms with Crippen molar-refractivity contribution in [1.29, 1.82) is 0 Å². The van der Waals surface area contributed by atoms with Gasteiger partial charge in [0.05, 0.1) is 5.25 Å². The van der Waals surface area contributed by atoms with Crippen molar-refractivity contribution in [3.05, 3.63) is 10.1 Å². The van der Waals surface area contributed by atoms with Gasteiger partial charge in [0.25, 0.3) is 0 Å². The van der Waals surface area contributed by atoms with Crippen LogP contribution in [-0.2, 0) is 9.84 Å². The molecule has 3 fully saturated rings. The number of sulfone groups is 1. The maximum atomic E-state index is 13.3. The average molecular weight is 344 g/mol. The Labute approximate surface area is 138 Å². The standard InChI is InChI=1S/C16H28N2O4S/c1-11-9-12-5-4-8-17-16(12)15(10-11)23(21,22)14-7-3-2-6-13(14)18(19)20/h11-17H,2-10H2,1H3. The topological polar surface area (TPSA) is 89.3 Å². The summed E-state index contributed by atoms with van der Waals surface area (Å²) in [5.41, 5.74) is 0. The number of piperidine rings is 1. The molecule has 23 heavy (non-hydrogen) atoms. The van der Waals surface area contributed by atoms with Crippen molar-refractivity contribution in [2.24, 2.45) is 11.8 Å². The Morgan fingerprint density at radius 1 is 1.04 bits per heavy atom. The Hall–Kier alpha value is -0.690. The Morgan fingerprint density at radius 2 is 1.78 bits per heavy atom. The lowest BCUT2D eigenvalue weighted by molar-refractivity contribution is -0.524. The highest BCUT2D eigenvalue weighted by Crippen LogP contribution is 2.40. The predicted molar refractivity (Wildman–Crippen MR) is 88.7 cm³/mol. The van der Waals surface area contributed by atoms with Crippen LogP contribution in [0.1, 0.15) is 58.3 Å². The Bertz CT molecular complexity index is 550. The summed E-state index contributed by atoms with van der Waals surface area (Å²) < 4.78 is 26.6. The summed E-state index contributed by atoms with van der Waals surface area (Å²) in [6.45, 7) is 2.99. The number of fused-ring (bicyclic) bond motifs is 1. The first-order chi connectivity index (χ1) is 10.9. The molecule has 7 heteroatoms. The SMILES string of the molecule is CC1CC2CCCNC2C(S(=O)(=O)C2CCCCC2[N+](=O)[O-])C1. The van der Waals surface area contributed by atoms with Crippen LogP contribution in [0.15, 0.2) is 0 Å². The van der Waals surface area contributed by atoms with Crippen LogP contribution >= 0.6 is 0 Å². The van der Waals surface area contributed by atoms with Gasteiger partial charge in [0.1, 0.15) is 5.25 Å². The van der Waals surface area contributed by atoms with Gasteiger partial charge in [0.2, 0.25) is 6.04 Å². The third kappa shape index (κ3) is 3.27. The molecule has 0 amide bonds. The lowest BCUT2D eigenvalue weighted by Crippen LogP contribution is -2.58. The zero-order valence-corrected chi connectivity index (χ0v) is 14.6. The lowest BCUT2D eigenvalue weighted by atomic mass is 9.75. The molecule has 0 aromatic rings. The molecule has 6 nitrogen and oxygen atoms in total. The molecule has 6 unspecified atom stereocenters. The number of hydrogen-bond donors (Lipinski definition) is 1. The first-order valence-corrected chi connectivity index (χ1v) is 10.6. The van der Waals surface area contributed by atoms with Crippen LogP contribution in [0.2, 0.25) is 0 Å². The molecule has 1 heterocycles. The van der Waals surface area contributed by atoms with E-state index in [1.165, 1.54) is 0 Å². The van der Waals surface area contributed by atoms with Crippen molar-refractivity contribution in [2.75, 3.05) is 6.54 Å². The van der Waals surface area contributed by atoms with Crippen molar-refractivity contribution < 1.29 is 13.3 Å². The number of nitrogens with one attached hydrogen (secondary N) is 1. The summed E-state index contributed by atoms with van der Waals surface area (Å²) in [6, 6.07) is -0.910. The second kappa shape index (κ2) is 6.67.